The first-order chi connectivity index (χ1) is 7.79. The highest BCUT2D eigenvalue weighted by Crippen LogP contribution is 2.19. The van der Waals surface area contributed by atoms with Gasteiger partial charge in [0.25, 0.3) is 5.89 Å². The van der Waals surface area contributed by atoms with Gasteiger partial charge >= 0.3 is 0 Å². The molecule has 0 amide bonds. The molecule has 0 aliphatic carbocycles. The van der Waals surface area contributed by atoms with Crippen LogP contribution in [0, 0.1) is 6.92 Å². The molecule has 0 bridgehead atoms. The third kappa shape index (κ3) is 2.39. The van der Waals surface area contributed by atoms with E-state index in [0.717, 1.165) is 12.2 Å². The van der Waals surface area contributed by atoms with Gasteiger partial charge in [-0.05, 0) is 25.0 Å². The van der Waals surface area contributed by atoms with E-state index in [1.165, 1.54) is 5.56 Å². The van der Waals surface area contributed by atoms with Crippen molar-refractivity contribution in [1.82, 2.24) is 10.1 Å². The highest BCUT2D eigenvalue weighted by molar-refractivity contribution is 5.33. The number of para-hydroxylation sites is 1. The summed E-state index contributed by atoms with van der Waals surface area (Å²) in [6.07, 6.45) is 0.943. The molecule has 2 rings (SSSR count). The van der Waals surface area contributed by atoms with Gasteiger partial charge < -0.3 is 9.26 Å². The summed E-state index contributed by atoms with van der Waals surface area (Å²) in [5.41, 5.74) is 1.18. The predicted octanol–water partition coefficient (Wildman–Crippen LogP) is 2.52. The molecular formula is C12H14N2O2. The SMILES string of the molecule is CCc1ccccc1OCc1nc(C)no1. The molecule has 0 atom stereocenters. The van der Waals surface area contributed by atoms with Crippen LogP contribution in [0.3, 0.4) is 0 Å². The summed E-state index contributed by atoms with van der Waals surface area (Å²) < 4.78 is 10.6. The minimum absolute atomic E-state index is 0.317. The quantitative estimate of drug-likeness (QED) is 0.791. The Morgan fingerprint density at radius 1 is 1.31 bits per heavy atom. The highest BCUT2D eigenvalue weighted by Gasteiger charge is 2.05. The largest absolute Gasteiger partial charge is 0.483 e. The van der Waals surface area contributed by atoms with E-state index in [9.17, 15) is 0 Å². The lowest BCUT2D eigenvalue weighted by Crippen LogP contribution is -1.98. The number of hydrogen-bond acceptors (Lipinski definition) is 4. The molecule has 1 aromatic heterocycles. The number of hydrogen-bond donors (Lipinski definition) is 0. The van der Waals surface area contributed by atoms with E-state index in [4.69, 9.17) is 9.26 Å². The van der Waals surface area contributed by atoms with Crippen LogP contribution in [-0.4, -0.2) is 10.1 Å². The van der Waals surface area contributed by atoms with Gasteiger partial charge in [-0.25, -0.2) is 0 Å². The zero-order valence-electron chi connectivity index (χ0n) is 9.43. The van der Waals surface area contributed by atoms with Crippen LogP contribution in [0.25, 0.3) is 0 Å². The van der Waals surface area contributed by atoms with Crippen LogP contribution in [0.1, 0.15) is 24.2 Å². The van der Waals surface area contributed by atoms with Gasteiger partial charge in [-0.2, -0.15) is 4.98 Å². The molecule has 0 aliphatic heterocycles. The predicted molar refractivity (Wildman–Crippen MR) is 59.2 cm³/mol. The molecule has 84 valence electrons. The fraction of sp³-hybridized carbons (Fsp3) is 0.333. The van der Waals surface area contributed by atoms with E-state index in [0.29, 0.717) is 18.3 Å². The maximum Gasteiger partial charge on any atom is 0.264 e. The van der Waals surface area contributed by atoms with E-state index in [2.05, 4.69) is 17.1 Å². The molecule has 1 aromatic carbocycles. The van der Waals surface area contributed by atoms with E-state index >= 15 is 0 Å². The van der Waals surface area contributed by atoms with Crippen molar-refractivity contribution in [2.75, 3.05) is 0 Å². The third-order valence-corrected chi connectivity index (χ3v) is 2.27. The molecule has 4 heteroatoms. The van der Waals surface area contributed by atoms with Gasteiger partial charge in [0.1, 0.15) is 5.75 Å². The van der Waals surface area contributed by atoms with Crippen LogP contribution < -0.4 is 4.74 Å². The topological polar surface area (TPSA) is 48.2 Å². The summed E-state index contributed by atoms with van der Waals surface area (Å²) in [4.78, 5) is 4.08. The number of ether oxygens (including phenoxy) is 1. The van der Waals surface area contributed by atoms with Crippen molar-refractivity contribution in [2.24, 2.45) is 0 Å². The fourth-order valence-electron chi connectivity index (χ4n) is 1.47. The van der Waals surface area contributed by atoms with Crippen molar-refractivity contribution in [1.29, 1.82) is 0 Å². The molecule has 0 saturated carbocycles. The highest BCUT2D eigenvalue weighted by atomic mass is 16.5. The Morgan fingerprint density at radius 2 is 2.12 bits per heavy atom. The molecule has 2 aromatic rings. The Morgan fingerprint density at radius 3 is 2.81 bits per heavy atom. The molecule has 16 heavy (non-hydrogen) atoms. The summed E-state index contributed by atoms with van der Waals surface area (Å²) >= 11 is 0. The van der Waals surface area contributed by atoms with Crippen LogP contribution >= 0.6 is 0 Å². The maximum atomic E-state index is 5.63. The van der Waals surface area contributed by atoms with E-state index in [1.807, 2.05) is 24.3 Å². The molecular weight excluding hydrogens is 204 g/mol. The zero-order chi connectivity index (χ0) is 11.4. The van der Waals surface area contributed by atoms with Gasteiger partial charge in [-0.1, -0.05) is 30.3 Å². The normalized spacial score (nSPS) is 10.4. The lowest BCUT2D eigenvalue weighted by molar-refractivity contribution is 0.241. The second kappa shape index (κ2) is 4.79. The molecule has 0 spiro atoms. The standard InChI is InChI=1S/C12H14N2O2/c1-3-10-6-4-5-7-11(10)15-8-12-13-9(2)14-16-12/h4-7H,3,8H2,1-2H3. The van der Waals surface area contributed by atoms with Gasteiger partial charge in [0.15, 0.2) is 12.4 Å². The van der Waals surface area contributed by atoms with Gasteiger partial charge in [0.05, 0.1) is 0 Å². The van der Waals surface area contributed by atoms with E-state index in [-0.39, 0.29) is 0 Å². The molecule has 0 unspecified atom stereocenters. The molecule has 4 nitrogen and oxygen atoms in total. The minimum Gasteiger partial charge on any atom is -0.483 e. The van der Waals surface area contributed by atoms with Gasteiger partial charge in [-0.15, -0.1) is 0 Å². The van der Waals surface area contributed by atoms with Crippen molar-refractivity contribution in [2.45, 2.75) is 26.9 Å². The van der Waals surface area contributed by atoms with Crippen LogP contribution in [-0.2, 0) is 13.0 Å². The number of rotatable bonds is 4. The average molecular weight is 218 g/mol. The second-order valence-electron chi connectivity index (χ2n) is 3.49. The first kappa shape index (κ1) is 10.7. The molecule has 0 radical (unpaired) electrons. The van der Waals surface area contributed by atoms with Crippen LogP contribution in [0.2, 0.25) is 0 Å². The van der Waals surface area contributed by atoms with E-state index < -0.39 is 0 Å². The van der Waals surface area contributed by atoms with Gasteiger partial charge in [0.2, 0.25) is 0 Å². The Hall–Kier alpha value is -1.84. The third-order valence-electron chi connectivity index (χ3n) is 2.27. The summed E-state index contributed by atoms with van der Waals surface area (Å²) in [7, 11) is 0. The number of aryl methyl sites for hydroxylation is 2. The van der Waals surface area contributed by atoms with Crippen LogP contribution in [0.15, 0.2) is 28.8 Å². The maximum absolute atomic E-state index is 5.63. The zero-order valence-corrected chi connectivity index (χ0v) is 9.43. The van der Waals surface area contributed by atoms with Crippen molar-refractivity contribution >= 4 is 0 Å². The van der Waals surface area contributed by atoms with Gasteiger partial charge in [-0.3, -0.25) is 0 Å². The number of aromatic nitrogens is 2. The summed E-state index contributed by atoms with van der Waals surface area (Å²) in [5.74, 6) is 2.01. The minimum atomic E-state index is 0.317. The monoisotopic (exact) mass is 218 g/mol. The van der Waals surface area contributed by atoms with Crippen molar-refractivity contribution in [3.8, 4) is 5.75 Å². The van der Waals surface area contributed by atoms with Crippen molar-refractivity contribution in [3.05, 3.63) is 41.5 Å². The molecule has 0 aliphatic rings. The van der Waals surface area contributed by atoms with Gasteiger partial charge in [0, 0.05) is 0 Å². The number of nitrogens with zero attached hydrogens (tertiary/aromatic N) is 2. The summed E-state index contributed by atoms with van der Waals surface area (Å²) in [6, 6.07) is 7.95. The van der Waals surface area contributed by atoms with E-state index in [1.54, 1.807) is 6.92 Å². The molecule has 0 saturated heterocycles. The smallest absolute Gasteiger partial charge is 0.264 e. The van der Waals surface area contributed by atoms with Crippen molar-refractivity contribution in [3.63, 3.8) is 0 Å². The first-order valence-corrected chi connectivity index (χ1v) is 5.29. The lowest BCUT2D eigenvalue weighted by Gasteiger charge is -2.07. The van der Waals surface area contributed by atoms with Crippen LogP contribution in [0.5, 0.6) is 5.75 Å². The summed E-state index contributed by atoms with van der Waals surface area (Å²) in [5, 5.41) is 3.71. The second-order valence-corrected chi connectivity index (χ2v) is 3.49. The number of benzene rings is 1. The lowest BCUT2D eigenvalue weighted by atomic mass is 10.1. The Bertz CT molecular complexity index is 466. The average Bonchev–Trinajstić information content (AvgIpc) is 2.73. The van der Waals surface area contributed by atoms with Crippen LogP contribution in [0.4, 0.5) is 0 Å². The Kier molecular flexibility index (Phi) is 3.19. The Balaban J connectivity index is 2.04. The molecule has 1 heterocycles. The first-order valence-electron chi connectivity index (χ1n) is 5.29. The molecule has 0 N–H and O–H groups in total. The molecule has 0 fully saturated rings. The van der Waals surface area contributed by atoms with Crippen molar-refractivity contribution < 1.29 is 9.26 Å². The summed E-state index contributed by atoms with van der Waals surface area (Å²) in [6.45, 7) is 4.20. The fourth-order valence-corrected chi connectivity index (χ4v) is 1.47. The Labute approximate surface area is 94.2 Å².